The van der Waals surface area contributed by atoms with Crippen molar-refractivity contribution in [1.82, 2.24) is 5.32 Å². The molecule has 0 aromatic heterocycles. The van der Waals surface area contributed by atoms with Crippen molar-refractivity contribution in [2.75, 3.05) is 13.2 Å². The lowest BCUT2D eigenvalue weighted by Crippen LogP contribution is -2.45. The molecule has 0 aliphatic carbocycles. The molecule has 416 valence electrons. The van der Waals surface area contributed by atoms with Gasteiger partial charge in [-0.1, -0.05) is 274 Å². The average Bonchev–Trinajstić information content (AvgIpc) is 3.37. The minimum Gasteiger partial charge on any atom is -0.466 e. The van der Waals surface area contributed by atoms with Gasteiger partial charge >= 0.3 is 5.97 Å². The van der Waals surface area contributed by atoms with Crippen LogP contribution in [0.2, 0.25) is 0 Å². The quantitative estimate of drug-likeness (QED) is 0.0321. The Morgan fingerprint density at radius 2 is 0.704 bits per heavy atom. The third-order valence-corrected chi connectivity index (χ3v) is 14.3. The third kappa shape index (κ3) is 57.0. The molecule has 2 unspecified atom stereocenters. The standard InChI is InChI=1S/C65H121NO5/c1-3-5-7-9-11-13-15-17-19-20-21-23-26-30-33-37-41-45-49-53-57-63(68)62(61-67)66-64(69)58-54-50-46-42-38-34-31-27-24-22-25-28-32-36-40-44-48-52-56-60-71-65(70)59-55-51-47-43-39-35-29-18-16-14-12-10-8-6-4-2/h12,14,18,22,24,29,53,57,62-63,67-68H,3-11,13,15-17,19-21,23,25-28,30-52,54-56,58-61H2,1-2H3,(H,66,69)/b14-12-,24-22-,29-18-,57-53+. The first-order chi connectivity index (χ1) is 35.0. The van der Waals surface area contributed by atoms with E-state index in [4.69, 9.17) is 4.74 Å². The maximum absolute atomic E-state index is 12.5. The summed E-state index contributed by atoms with van der Waals surface area (Å²) in [4.78, 5) is 24.5. The maximum atomic E-state index is 12.5. The third-order valence-electron chi connectivity index (χ3n) is 14.3. The summed E-state index contributed by atoms with van der Waals surface area (Å²) < 4.78 is 5.47. The second-order valence-electron chi connectivity index (χ2n) is 21.4. The minimum atomic E-state index is -0.853. The molecule has 3 N–H and O–H groups in total. The SMILES string of the molecule is CCCCC/C=C\C/C=C\CCCCCCCC(=O)OCCCCCCCCCC/C=C\CCCCCCCCCC(=O)NC(CO)C(O)/C=C/CCCCCCCCCCCCCCCCCCCC. The molecule has 0 aromatic carbocycles. The second-order valence-corrected chi connectivity index (χ2v) is 21.4. The van der Waals surface area contributed by atoms with E-state index in [0.717, 1.165) is 64.2 Å². The van der Waals surface area contributed by atoms with Crippen LogP contribution in [0.3, 0.4) is 0 Å². The molecule has 0 saturated heterocycles. The Hall–Kier alpha value is -2.18. The van der Waals surface area contributed by atoms with Crippen molar-refractivity contribution in [2.24, 2.45) is 0 Å². The summed E-state index contributed by atoms with van der Waals surface area (Å²) in [5.74, 6) is -0.0871. The fraction of sp³-hybridized carbons (Fsp3) is 0.846. The van der Waals surface area contributed by atoms with Crippen molar-refractivity contribution in [3.05, 3.63) is 48.6 Å². The molecule has 0 rings (SSSR count). The Morgan fingerprint density at radius 3 is 1.11 bits per heavy atom. The molecule has 71 heavy (non-hydrogen) atoms. The average molecular weight is 997 g/mol. The molecule has 0 saturated carbocycles. The van der Waals surface area contributed by atoms with Crippen LogP contribution in [-0.2, 0) is 14.3 Å². The molecule has 0 aliphatic rings. The fourth-order valence-electron chi connectivity index (χ4n) is 9.48. The topological polar surface area (TPSA) is 95.9 Å². The van der Waals surface area contributed by atoms with Crippen molar-refractivity contribution in [3.63, 3.8) is 0 Å². The van der Waals surface area contributed by atoms with Gasteiger partial charge in [-0.3, -0.25) is 9.59 Å². The number of amides is 1. The first-order valence-corrected chi connectivity index (χ1v) is 31.4. The molecular weight excluding hydrogens is 875 g/mol. The second kappa shape index (κ2) is 60.4. The van der Waals surface area contributed by atoms with Gasteiger partial charge in [0.25, 0.3) is 0 Å². The van der Waals surface area contributed by atoms with E-state index in [1.807, 2.05) is 6.08 Å². The molecule has 0 radical (unpaired) electrons. The van der Waals surface area contributed by atoms with Crippen LogP contribution in [0.4, 0.5) is 0 Å². The van der Waals surface area contributed by atoms with Gasteiger partial charge in [0.1, 0.15) is 0 Å². The van der Waals surface area contributed by atoms with Crippen LogP contribution in [0.15, 0.2) is 48.6 Å². The Labute approximate surface area is 442 Å². The molecule has 0 aliphatic heterocycles. The van der Waals surface area contributed by atoms with E-state index in [2.05, 4.69) is 55.6 Å². The zero-order valence-corrected chi connectivity index (χ0v) is 47.5. The summed E-state index contributed by atoms with van der Waals surface area (Å²) >= 11 is 0. The van der Waals surface area contributed by atoms with E-state index < -0.39 is 12.1 Å². The Kier molecular flexibility index (Phi) is 58.5. The molecule has 2 atom stereocenters. The van der Waals surface area contributed by atoms with Crippen LogP contribution in [0.25, 0.3) is 0 Å². The first-order valence-electron chi connectivity index (χ1n) is 31.4. The highest BCUT2D eigenvalue weighted by molar-refractivity contribution is 5.76. The maximum Gasteiger partial charge on any atom is 0.305 e. The van der Waals surface area contributed by atoms with Gasteiger partial charge in [0.05, 0.1) is 25.4 Å². The molecule has 0 bridgehead atoms. The van der Waals surface area contributed by atoms with Crippen LogP contribution in [-0.4, -0.2) is 47.4 Å². The van der Waals surface area contributed by atoms with Gasteiger partial charge < -0.3 is 20.3 Å². The molecule has 1 amide bonds. The number of nitrogens with one attached hydrogen (secondary N) is 1. The van der Waals surface area contributed by atoms with Crippen LogP contribution in [0.5, 0.6) is 0 Å². The van der Waals surface area contributed by atoms with Gasteiger partial charge in [0.2, 0.25) is 5.91 Å². The number of allylic oxidation sites excluding steroid dienone is 7. The van der Waals surface area contributed by atoms with E-state index in [-0.39, 0.29) is 18.5 Å². The van der Waals surface area contributed by atoms with Crippen molar-refractivity contribution in [3.8, 4) is 0 Å². The van der Waals surface area contributed by atoms with E-state index in [0.29, 0.717) is 19.4 Å². The predicted octanol–water partition coefficient (Wildman–Crippen LogP) is 19.7. The number of aliphatic hydroxyl groups excluding tert-OH is 2. The van der Waals surface area contributed by atoms with Crippen LogP contribution in [0.1, 0.15) is 328 Å². The summed E-state index contributed by atoms with van der Waals surface area (Å²) in [5, 5.41) is 23.2. The molecule has 6 nitrogen and oxygen atoms in total. The monoisotopic (exact) mass is 996 g/mol. The number of ether oxygens (including phenoxy) is 1. The zero-order chi connectivity index (χ0) is 51.4. The summed E-state index contributed by atoms with van der Waals surface area (Å²) in [6.07, 6.45) is 77.1. The lowest BCUT2D eigenvalue weighted by Gasteiger charge is -2.20. The zero-order valence-electron chi connectivity index (χ0n) is 47.5. The Bertz CT molecular complexity index is 1190. The van der Waals surface area contributed by atoms with Gasteiger partial charge in [-0.25, -0.2) is 0 Å². The van der Waals surface area contributed by atoms with E-state index in [1.165, 1.54) is 238 Å². The molecule has 0 spiro atoms. The number of esters is 1. The Balaban J connectivity index is 3.48. The highest BCUT2D eigenvalue weighted by atomic mass is 16.5. The van der Waals surface area contributed by atoms with Crippen molar-refractivity contribution in [1.29, 1.82) is 0 Å². The highest BCUT2D eigenvalue weighted by Gasteiger charge is 2.18. The van der Waals surface area contributed by atoms with Crippen molar-refractivity contribution < 1.29 is 24.5 Å². The first kappa shape index (κ1) is 68.8. The summed E-state index contributed by atoms with van der Waals surface area (Å²) in [6, 6.07) is -0.637. The normalized spacial score (nSPS) is 12.9. The van der Waals surface area contributed by atoms with E-state index in [9.17, 15) is 19.8 Å². The number of carbonyl (C=O) groups excluding carboxylic acids is 2. The number of carbonyl (C=O) groups is 2. The molecule has 0 aromatic rings. The summed E-state index contributed by atoms with van der Waals surface area (Å²) in [5.41, 5.74) is 0. The smallest absolute Gasteiger partial charge is 0.305 e. The predicted molar refractivity (Wildman–Crippen MR) is 310 cm³/mol. The van der Waals surface area contributed by atoms with Crippen LogP contribution >= 0.6 is 0 Å². The largest absolute Gasteiger partial charge is 0.466 e. The minimum absolute atomic E-state index is 0.0109. The molecule has 6 heteroatoms. The Morgan fingerprint density at radius 1 is 0.394 bits per heavy atom. The van der Waals surface area contributed by atoms with Gasteiger partial charge in [0.15, 0.2) is 0 Å². The lowest BCUT2D eigenvalue weighted by atomic mass is 10.0. The highest BCUT2D eigenvalue weighted by Crippen LogP contribution is 2.17. The molecule has 0 fully saturated rings. The number of hydrogen-bond acceptors (Lipinski definition) is 5. The lowest BCUT2D eigenvalue weighted by molar-refractivity contribution is -0.143. The van der Waals surface area contributed by atoms with Crippen LogP contribution < -0.4 is 5.32 Å². The summed E-state index contributed by atoms with van der Waals surface area (Å²) in [6.45, 7) is 4.87. The summed E-state index contributed by atoms with van der Waals surface area (Å²) in [7, 11) is 0. The fourth-order valence-corrected chi connectivity index (χ4v) is 9.48. The van der Waals surface area contributed by atoms with Crippen molar-refractivity contribution in [2.45, 2.75) is 341 Å². The number of hydrogen-bond donors (Lipinski definition) is 3. The number of aliphatic hydroxyl groups is 2. The van der Waals surface area contributed by atoms with Gasteiger partial charge in [-0.05, 0) is 89.9 Å². The number of rotatable bonds is 58. The van der Waals surface area contributed by atoms with Gasteiger partial charge in [0, 0.05) is 12.8 Å². The molecular formula is C65H121NO5. The van der Waals surface area contributed by atoms with E-state index >= 15 is 0 Å². The van der Waals surface area contributed by atoms with Crippen LogP contribution in [0, 0.1) is 0 Å². The van der Waals surface area contributed by atoms with Gasteiger partial charge in [-0.15, -0.1) is 0 Å². The van der Waals surface area contributed by atoms with Gasteiger partial charge in [-0.2, -0.15) is 0 Å². The van der Waals surface area contributed by atoms with Crippen molar-refractivity contribution >= 4 is 11.9 Å². The van der Waals surface area contributed by atoms with E-state index in [1.54, 1.807) is 6.08 Å². The molecule has 0 heterocycles. The number of unbranched alkanes of at least 4 members (excludes halogenated alkanes) is 41.